The summed E-state index contributed by atoms with van der Waals surface area (Å²) in [5, 5.41) is 10.3. The normalized spacial score (nSPS) is 10.6. The maximum Gasteiger partial charge on any atom is 0.336 e. The Hall–Kier alpha value is -2.87. The van der Waals surface area contributed by atoms with E-state index in [0.29, 0.717) is 33.1 Å². The molecule has 0 aliphatic carbocycles. The third-order valence-electron chi connectivity index (χ3n) is 2.79. The van der Waals surface area contributed by atoms with Gasteiger partial charge in [-0.1, -0.05) is 0 Å². The van der Waals surface area contributed by atoms with Crippen LogP contribution in [0.15, 0.2) is 39.7 Å². The molecule has 86 valence electrons. The minimum atomic E-state index is -0.426. The number of anilines is 1. The summed E-state index contributed by atoms with van der Waals surface area (Å²) in [5.74, 6) is 0. The summed E-state index contributed by atoms with van der Waals surface area (Å²) >= 11 is 0. The largest absolute Gasteiger partial charge is 0.423 e. The SMILES string of the molecule is N#Cc1cnc2ccc3oc(=O)ccc3c2c1N. The molecule has 0 unspecified atom stereocenters. The molecule has 3 aromatic rings. The van der Waals surface area contributed by atoms with Crippen molar-refractivity contribution < 1.29 is 4.42 Å². The second-order valence-electron chi connectivity index (χ2n) is 3.82. The lowest BCUT2D eigenvalue weighted by Gasteiger charge is -2.05. The molecule has 0 spiro atoms. The minimum Gasteiger partial charge on any atom is -0.423 e. The van der Waals surface area contributed by atoms with E-state index < -0.39 is 5.63 Å². The van der Waals surface area contributed by atoms with Gasteiger partial charge in [0.05, 0.1) is 16.8 Å². The Morgan fingerprint density at radius 3 is 2.89 bits per heavy atom. The van der Waals surface area contributed by atoms with Crippen molar-refractivity contribution in [3.63, 3.8) is 0 Å². The lowest BCUT2D eigenvalue weighted by atomic mass is 10.1. The molecular weight excluding hydrogens is 230 g/mol. The summed E-state index contributed by atoms with van der Waals surface area (Å²) in [5.41, 5.74) is 7.27. The van der Waals surface area contributed by atoms with Gasteiger partial charge in [-0.3, -0.25) is 4.98 Å². The van der Waals surface area contributed by atoms with Crippen molar-refractivity contribution in [2.45, 2.75) is 0 Å². The zero-order valence-corrected chi connectivity index (χ0v) is 9.18. The van der Waals surface area contributed by atoms with Gasteiger partial charge in [-0.15, -0.1) is 0 Å². The van der Waals surface area contributed by atoms with Gasteiger partial charge in [0.15, 0.2) is 0 Å². The quantitative estimate of drug-likeness (QED) is 0.475. The fourth-order valence-electron chi connectivity index (χ4n) is 1.96. The van der Waals surface area contributed by atoms with Crippen LogP contribution in [-0.4, -0.2) is 4.98 Å². The van der Waals surface area contributed by atoms with Gasteiger partial charge in [-0.2, -0.15) is 5.26 Å². The van der Waals surface area contributed by atoms with Gasteiger partial charge in [0.2, 0.25) is 0 Å². The molecule has 2 heterocycles. The monoisotopic (exact) mass is 237 g/mol. The van der Waals surface area contributed by atoms with Crippen LogP contribution in [0.1, 0.15) is 5.56 Å². The summed E-state index contributed by atoms with van der Waals surface area (Å²) in [6.07, 6.45) is 1.43. The van der Waals surface area contributed by atoms with Gasteiger partial charge >= 0.3 is 5.63 Å². The lowest BCUT2D eigenvalue weighted by Crippen LogP contribution is -1.98. The highest BCUT2D eigenvalue weighted by atomic mass is 16.4. The van der Waals surface area contributed by atoms with E-state index in [1.807, 2.05) is 6.07 Å². The van der Waals surface area contributed by atoms with Crippen LogP contribution in [0.25, 0.3) is 21.9 Å². The molecule has 0 saturated heterocycles. The Balaban J connectivity index is 2.61. The molecule has 0 atom stereocenters. The number of nitriles is 1. The summed E-state index contributed by atoms with van der Waals surface area (Å²) in [6.45, 7) is 0. The van der Waals surface area contributed by atoms with Crippen LogP contribution in [0.4, 0.5) is 5.69 Å². The van der Waals surface area contributed by atoms with Crippen LogP contribution in [0.2, 0.25) is 0 Å². The smallest absolute Gasteiger partial charge is 0.336 e. The van der Waals surface area contributed by atoms with E-state index in [4.69, 9.17) is 15.4 Å². The van der Waals surface area contributed by atoms with Crippen LogP contribution in [-0.2, 0) is 0 Å². The van der Waals surface area contributed by atoms with Gasteiger partial charge in [0, 0.05) is 23.0 Å². The number of pyridine rings is 1. The number of rotatable bonds is 0. The fraction of sp³-hybridized carbons (Fsp3) is 0. The molecule has 0 fully saturated rings. The zero-order chi connectivity index (χ0) is 12.7. The predicted octanol–water partition coefficient (Wildman–Crippen LogP) is 1.80. The molecule has 2 N–H and O–H groups in total. The minimum absolute atomic E-state index is 0.307. The molecule has 0 radical (unpaired) electrons. The first-order valence-electron chi connectivity index (χ1n) is 5.22. The molecule has 0 saturated carbocycles. The summed E-state index contributed by atoms with van der Waals surface area (Å²) < 4.78 is 5.08. The van der Waals surface area contributed by atoms with E-state index in [0.717, 1.165) is 0 Å². The molecule has 0 aliphatic heterocycles. The molecule has 0 aliphatic rings. The maximum absolute atomic E-state index is 11.2. The second kappa shape index (κ2) is 3.57. The Labute approximate surface area is 101 Å². The van der Waals surface area contributed by atoms with E-state index in [1.165, 1.54) is 12.3 Å². The standard InChI is InChI=1S/C13H7N3O2/c14-5-7-6-16-9-2-3-10-8(12(9)13(7)15)1-4-11(17)18-10/h1-4,6H,(H2,15,16). The van der Waals surface area contributed by atoms with Gasteiger partial charge in [0.1, 0.15) is 11.7 Å². The van der Waals surface area contributed by atoms with Crippen molar-refractivity contribution in [1.29, 1.82) is 5.26 Å². The lowest BCUT2D eigenvalue weighted by molar-refractivity contribution is 0.561. The Morgan fingerprint density at radius 2 is 2.11 bits per heavy atom. The van der Waals surface area contributed by atoms with Gasteiger partial charge < -0.3 is 10.2 Å². The number of nitrogens with zero attached hydrogens (tertiary/aromatic N) is 2. The summed E-state index contributed by atoms with van der Waals surface area (Å²) in [7, 11) is 0. The molecule has 0 amide bonds. The van der Waals surface area contributed by atoms with Crippen molar-refractivity contribution in [2.75, 3.05) is 5.73 Å². The predicted molar refractivity (Wildman–Crippen MR) is 66.9 cm³/mol. The van der Waals surface area contributed by atoms with Crippen molar-refractivity contribution in [1.82, 2.24) is 4.98 Å². The van der Waals surface area contributed by atoms with E-state index in [1.54, 1.807) is 18.2 Å². The first kappa shape index (κ1) is 10.3. The zero-order valence-electron chi connectivity index (χ0n) is 9.18. The molecule has 5 heteroatoms. The van der Waals surface area contributed by atoms with Crippen molar-refractivity contribution >= 4 is 27.6 Å². The van der Waals surface area contributed by atoms with Crippen LogP contribution in [0.5, 0.6) is 0 Å². The molecule has 5 nitrogen and oxygen atoms in total. The van der Waals surface area contributed by atoms with Gasteiger partial charge in [0.25, 0.3) is 0 Å². The number of nitrogen functional groups attached to an aromatic ring is 1. The Kier molecular flexibility index (Phi) is 2.04. The molecular formula is C13H7N3O2. The first-order valence-corrected chi connectivity index (χ1v) is 5.22. The van der Waals surface area contributed by atoms with Crippen molar-refractivity contribution in [2.24, 2.45) is 0 Å². The third-order valence-corrected chi connectivity index (χ3v) is 2.79. The van der Waals surface area contributed by atoms with E-state index >= 15 is 0 Å². The second-order valence-corrected chi connectivity index (χ2v) is 3.82. The molecule has 18 heavy (non-hydrogen) atoms. The highest BCUT2D eigenvalue weighted by Gasteiger charge is 2.10. The van der Waals surface area contributed by atoms with E-state index in [9.17, 15) is 4.79 Å². The van der Waals surface area contributed by atoms with Gasteiger partial charge in [-0.25, -0.2) is 4.79 Å². The number of hydrogen-bond acceptors (Lipinski definition) is 5. The molecule has 1 aromatic carbocycles. The highest BCUT2D eigenvalue weighted by Crippen LogP contribution is 2.29. The average molecular weight is 237 g/mol. The summed E-state index contributed by atoms with van der Waals surface area (Å²) in [6, 6.07) is 8.30. The van der Waals surface area contributed by atoms with Crippen LogP contribution >= 0.6 is 0 Å². The van der Waals surface area contributed by atoms with Crippen LogP contribution in [0, 0.1) is 11.3 Å². The molecule has 2 aromatic heterocycles. The Morgan fingerprint density at radius 1 is 1.28 bits per heavy atom. The van der Waals surface area contributed by atoms with Crippen LogP contribution < -0.4 is 11.4 Å². The van der Waals surface area contributed by atoms with E-state index in [-0.39, 0.29) is 0 Å². The number of benzene rings is 1. The summed E-state index contributed by atoms with van der Waals surface area (Å²) in [4.78, 5) is 15.3. The van der Waals surface area contributed by atoms with Crippen LogP contribution in [0.3, 0.4) is 0 Å². The topological polar surface area (TPSA) is 92.9 Å². The first-order chi connectivity index (χ1) is 8.70. The van der Waals surface area contributed by atoms with Gasteiger partial charge in [-0.05, 0) is 18.2 Å². The number of aromatic nitrogens is 1. The molecule has 0 bridgehead atoms. The highest BCUT2D eigenvalue weighted by molar-refractivity contribution is 6.10. The number of hydrogen-bond donors (Lipinski definition) is 1. The fourth-order valence-corrected chi connectivity index (χ4v) is 1.96. The van der Waals surface area contributed by atoms with E-state index in [2.05, 4.69) is 4.98 Å². The third kappa shape index (κ3) is 1.33. The molecule has 3 rings (SSSR count). The van der Waals surface area contributed by atoms with Crippen molar-refractivity contribution in [3.8, 4) is 6.07 Å². The number of nitrogens with two attached hydrogens (primary N) is 1. The Bertz CT molecular complexity index is 875. The number of fused-ring (bicyclic) bond motifs is 3. The maximum atomic E-state index is 11.2. The van der Waals surface area contributed by atoms with Crippen molar-refractivity contribution in [3.05, 3.63) is 46.4 Å². The average Bonchev–Trinajstić information content (AvgIpc) is 2.38.